The average molecular weight is 233 g/mol. The van der Waals surface area contributed by atoms with Gasteiger partial charge in [0.15, 0.2) is 0 Å². The van der Waals surface area contributed by atoms with Crippen LogP contribution in [-0.4, -0.2) is 25.5 Å². The molecule has 0 saturated carbocycles. The minimum absolute atomic E-state index is 0.311. The third-order valence-electron chi connectivity index (χ3n) is 1.77. The monoisotopic (exact) mass is 232 g/mol. The van der Waals surface area contributed by atoms with Crippen LogP contribution in [0.1, 0.15) is 20.3 Å². The van der Waals surface area contributed by atoms with Gasteiger partial charge in [0.2, 0.25) is 0 Å². The largest absolute Gasteiger partial charge is 0.232 e. The number of aromatic nitrogens is 4. The number of alkyl halides is 1. The lowest BCUT2D eigenvalue weighted by Crippen LogP contribution is -2.16. The highest BCUT2D eigenvalue weighted by molar-refractivity contribution is 9.09. The smallest absolute Gasteiger partial charge is 0.138 e. The lowest BCUT2D eigenvalue weighted by molar-refractivity contribution is 0.348. The van der Waals surface area contributed by atoms with Crippen LogP contribution < -0.4 is 0 Å². The molecular formula is C7H13BrN4. The number of halogens is 1. The summed E-state index contributed by atoms with van der Waals surface area (Å²) in [4.78, 5) is 0. The fourth-order valence-electron chi connectivity index (χ4n) is 0.767. The van der Waals surface area contributed by atoms with E-state index >= 15 is 0 Å². The third-order valence-corrected chi connectivity index (χ3v) is 3.29. The van der Waals surface area contributed by atoms with Crippen molar-refractivity contribution in [2.24, 2.45) is 5.41 Å². The summed E-state index contributed by atoms with van der Waals surface area (Å²) in [6, 6.07) is 0. The second-order valence-corrected chi connectivity index (χ2v) is 4.18. The molecular weight excluding hydrogens is 220 g/mol. The Balaban J connectivity index is 2.36. The fourth-order valence-corrected chi connectivity index (χ4v) is 1.05. The number of rotatable bonds is 4. The van der Waals surface area contributed by atoms with Crippen LogP contribution in [0.25, 0.3) is 0 Å². The van der Waals surface area contributed by atoms with Crippen LogP contribution in [0.4, 0.5) is 0 Å². The molecule has 0 amide bonds. The molecule has 68 valence electrons. The maximum Gasteiger partial charge on any atom is 0.138 e. The lowest BCUT2D eigenvalue weighted by Gasteiger charge is -2.20. The van der Waals surface area contributed by atoms with E-state index < -0.39 is 0 Å². The predicted molar refractivity (Wildman–Crippen MR) is 50.0 cm³/mol. The minimum atomic E-state index is 0.311. The maximum absolute atomic E-state index is 3.79. The van der Waals surface area contributed by atoms with Crippen LogP contribution in [0.2, 0.25) is 0 Å². The third kappa shape index (κ3) is 2.89. The molecule has 5 heteroatoms. The SMILES string of the molecule is CC(C)(CBr)CCn1cnnn1. The molecule has 0 aromatic carbocycles. The summed E-state index contributed by atoms with van der Waals surface area (Å²) >= 11 is 3.47. The minimum Gasteiger partial charge on any atom is -0.232 e. The van der Waals surface area contributed by atoms with E-state index in [0.29, 0.717) is 5.41 Å². The summed E-state index contributed by atoms with van der Waals surface area (Å²) in [5.74, 6) is 0. The molecule has 1 heterocycles. The van der Waals surface area contributed by atoms with Gasteiger partial charge in [-0.1, -0.05) is 29.8 Å². The zero-order valence-electron chi connectivity index (χ0n) is 7.37. The molecule has 0 saturated heterocycles. The number of hydrogen-bond donors (Lipinski definition) is 0. The van der Waals surface area contributed by atoms with E-state index in [4.69, 9.17) is 0 Å². The molecule has 1 aromatic heterocycles. The molecule has 0 aliphatic heterocycles. The molecule has 0 aliphatic carbocycles. The van der Waals surface area contributed by atoms with Crippen LogP contribution >= 0.6 is 15.9 Å². The van der Waals surface area contributed by atoms with Crippen LogP contribution in [0.5, 0.6) is 0 Å². The zero-order valence-corrected chi connectivity index (χ0v) is 8.95. The van der Waals surface area contributed by atoms with Crippen LogP contribution in [0, 0.1) is 5.41 Å². The maximum atomic E-state index is 3.79. The fraction of sp³-hybridized carbons (Fsp3) is 0.857. The molecule has 0 N–H and O–H groups in total. The van der Waals surface area contributed by atoms with Crippen molar-refractivity contribution in [3.05, 3.63) is 6.33 Å². The number of aryl methyl sites for hydroxylation is 1. The summed E-state index contributed by atoms with van der Waals surface area (Å²) in [5.41, 5.74) is 0.311. The molecule has 0 atom stereocenters. The van der Waals surface area contributed by atoms with E-state index in [-0.39, 0.29) is 0 Å². The highest BCUT2D eigenvalue weighted by Crippen LogP contribution is 2.22. The summed E-state index contributed by atoms with van der Waals surface area (Å²) < 4.78 is 1.75. The van der Waals surface area contributed by atoms with E-state index in [2.05, 4.69) is 45.3 Å². The van der Waals surface area contributed by atoms with Crippen molar-refractivity contribution in [1.29, 1.82) is 0 Å². The van der Waals surface area contributed by atoms with E-state index in [1.165, 1.54) is 0 Å². The summed E-state index contributed by atoms with van der Waals surface area (Å²) in [6.07, 6.45) is 2.72. The molecule has 4 nitrogen and oxygen atoms in total. The summed E-state index contributed by atoms with van der Waals surface area (Å²) in [7, 11) is 0. The second-order valence-electron chi connectivity index (χ2n) is 3.62. The van der Waals surface area contributed by atoms with Gasteiger partial charge in [-0.2, -0.15) is 0 Å². The Morgan fingerprint density at radius 3 is 2.75 bits per heavy atom. The molecule has 0 unspecified atom stereocenters. The Bertz CT molecular complexity index is 219. The molecule has 1 rings (SSSR count). The predicted octanol–water partition coefficient (Wildman–Crippen LogP) is 1.48. The van der Waals surface area contributed by atoms with Gasteiger partial charge in [0.25, 0.3) is 0 Å². The lowest BCUT2D eigenvalue weighted by atomic mass is 9.92. The van der Waals surface area contributed by atoms with Crippen molar-refractivity contribution >= 4 is 15.9 Å². The van der Waals surface area contributed by atoms with E-state index in [0.717, 1.165) is 18.3 Å². The van der Waals surface area contributed by atoms with Gasteiger partial charge in [-0.05, 0) is 22.3 Å². The Morgan fingerprint density at radius 1 is 1.50 bits per heavy atom. The van der Waals surface area contributed by atoms with Crippen LogP contribution in [0.15, 0.2) is 6.33 Å². The number of tetrazole rings is 1. The highest BCUT2D eigenvalue weighted by Gasteiger charge is 2.15. The summed E-state index contributed by atoms with van der Waals surface area (Å²) in [5, 5.41) is 11.9. The molecule has 1 aromatic rings. The topological polar surface area (TPSA) is 43.6 Å². The van der Waals surface area contributed by atoms with Crippen molar-refractivity contribution in [3.8, 4) is 0 Å². The summed E-state index contributed by atoms with van der Waals surface area (Å²) in [6.45, 7) is 5.31. The average Bonchev–Trinajstić information content (AvgIpc) is 2.53. The quantitative estimate of drug-likeness (QED) is 0.740. The molecule has 0 radical (unpaired) electrons. The Hall–Kier alpha value is -0.450. The van der Waals surface area contributed by atoms with Crippen molar-refractivity contribution in [2.75, 3.05) is 5.33 Å². The molecule has 0 fully saturated rings. The Kier molecular flexibility index (Phi) is 3.20. The normalized spacial score (nSPS) is 11.9. The van der Waals surface area contributed by atoms with Gasteiger partial charge in [-0.3, -0.25) is 0 Å². The standard InChI is InChI=1S/C7H13BrN4/c1-7(2,5-8)3-4-12-6-9-10-11-12/h6H,3-5H2,1-2H3. The molecule has 12 heavy (non-hydrogen) atoms. The number of hydrogen-bond acceptors (Lipinski definition) is 3. The van der Waals surface area contributed by atoms with Crippen molar-refractivity contribution in [3.63, 3.8) is 0 Å². The van der Waals surface area contributed by atoms with Gasteiger partial charge < -0.3 is 0 Å². The first-order valence-corrected chi connectivity index (χ1v) is 5.03. The first kappa shape index (κ1) is 9.64. The van der Waals surface area contributed by atoms with Crippen LogP contribution in [-0.2, 0) is 6.54 Å². The van der Waals surface area contributed by atoms with Gasteiger partial charge in [0.05, 0.1) is 0 Å². The first-order chi connectivity index (χ1) is 5.64. The molecule has 0 bridgehead atoms. The molecule has 0 spiro atoms. The van der Waals surface area contributed by atoms with Gasteiger partial charge in [0.1, 0.15) is 6.33 Å². The van der Waals surface area contributed by atoms with Gasteiger partial charge in [-0.15, -0.1) is 5.10 Å². The van der Waals surface area contributed by atoms with E-state index in [9.17, 15) is 0 Å². The number of nitrogens with zero attached hydrogens (tertiary/aromatic N) is 4. The van der Waals surface area contributed by atoms with Crippen molar-refractivity contribution in [1.82, 2.24) is 20.2 Å². The van der Waals surface area contributed by atoms with Crippen molar-refractivity contribution < 1.29 is 0 Å². The van der Waals surface area contributed by atoms with Crippen molar-refractivity contribution in [2.45, 2.75) is 26.8 Å². The molecule has 0 aliphatic rings. The van der Waals surface area contributed by atoms with E-state index in [1.54, 1.807) is 11.0 Å². The zero-order chi connectivity index (χ0) is 9.03. The van der Waals surface area contributed by atoms with Gasteiger partial charge >= 0.3 is 0 Å². The van der Waals surface area contributed by atoms with Gasteiger partial charge in [0, 0.05) is 11.9 Å². The Morgan fingerprint density at radius 2 is 2.25 bits per heavy atom. The highest BCUT2D eigenvalue weighted by atomic mass is 79.9. The van der Waals surface area contributed by atoms with Crippen LogP contribution in [0.3, 0.4) is 0 Å². The van der Waals surface area contributed by atoms with E-state index in [1.807, 2.05) is 0 Å². The first-order valence-electron chi connectivity index (χ1n) is 3.91. The van der Waals surface area contributed by atoms with Gasteiger partial charge in [-0.25, -0.2) is 4.68 Å². The Labute approximate surface area is 80.5 Å². The second kappa shape index (κ2) is 3.98.